The fraction of sp³-hybridized carbons (Fsp3) is 0.429. The van der Waals surface area contributed by atoms with Crippen molar-refractivity contribution in [3.05, 3.63) is 29.8 Å². The number of hydrogen-bond donors (Lipinski definition) is 2. The Kier molecular flexibility index (Phi) is 3.85. The van der Waals surface area contributed by atoms with E-state index in [0.717, 1.165) is 13.1 Å². The van der Waals surface area contributed by atoms with Gasteiger partial charge in [0.2, 0.25) is 5.91 Å². The summed E-state index contributed by atoms with van der Waals surface area (Å²) in [6, 6.07) is 6.57. The van der Waals surface area contributed by atoms with Crippen LogP contribution >= 0.6 is 0 Å². The predicted octanol–water partition coefficient (Wildman–Crippen LogP) is 1.20. The largest absolute Gasteiger partial charge is 0.478 e. The topological polar surface area (TPSA) is 69.6 Å². The first kappa shape index (κ1) is 13.5. The molecule has 0 aromatic heterocycles. The maximum atomic E-state index is 12.4. The van der Waals surface area contributed by atoms with Crippen LogP contribution in [0.2, 0.25) is 0 Å². The number of benzene rings is 1. The van der Waals surface area contributed by atoms with Crippen molar-refractivity contribution in [1.29, 1.82) is 0 Å². The van der Waals surface area contributed by atoms with Crippen LogP contribution in [0, 0.1) is 11.8 Å². The minimum atomic E-state index is -1.02. The summed E-state index contributed by atoms with van der Waals surface area (Å²) in [6.07, 6.45) is 0. The Bertz CT molecular complexity index is 497. The summed E-state index contributed by atoms with van der Waals surface area (Å²) >= 11 is 0. The first-order valence-electron chi connectivity index (χ1n) is 6.33. The van der Waals surface area contributed by atoms with E-state index in [1.54, 1.807) is 25.2 Å². The molecule has 1 saturated heterocycles. The van der Waals surface area contributed by atoms with Crippen LogP contribution in [0.3, 0.4) is 0 Å². The van der Waals surface area contributed by atoms with Crippen molar-refractivity contribution in [2.45, 2.75) is 6.92 Å². The molecule has 0 radical (unpaired) electrons. The number of amides is 1. The maximum Gasteiger partial charge on any atom is 0.337 e. The number of nitrogens with zero attached hydrogens (tertiary/aromatic N) is 1. The maximum absolute atomic E-state index is 12.4. The van der Waals surface area contributed by atoms with Crippen LogP contribution in [0.25, 0.3) is 0 Å². The third-order valence-corrected chi connectivity index (χ3v) is 3.74. The molecule has 0 saturated carbocycles. The van der Waals surface area contributed by atoms with Gasteiger partial charge in [-0.25, -0.2) is 4.79 Å². The second-order valence-electron chi connectivity index (χ2n) is 4.93. The van der Waals surface area contributed by atoms with Gasteiger partial charge in [-0.2, -0.15) is 0 Å². The molecule has 1 atom stereocenters. The molecule has 5 heteroatoms. The molecule has 102 valence electrons. The number of nitrogens with one attached hydrogen (secondary N) is 1. The molecule has 2 rings (SSSR count). The fourth-order valence-electron chi connectivity index (χ4n) is 2.24. The Morgan fingerprint density at radius 3 is 2.53 bits per heavy atom. The van der Waals surface area contributed by atoms with Gasteiger partial charge in [0.05, 0.1) is 11.3 Å². The molecule has 0 spiro atoms. The highest BCUT2D eigenvalue weighted by molar-refractivity contribution is 6.02. The Labute approximate surface area is 112 Å². The van der Waals surface area contributed by atoms with Crippen molar-refractivity contribution in [2.24, 2.45) is 11.8 Å². The van der Waals surface area contributed by atoms with Crippen LogP contribution < -0.4 is 10.2 Å². The standard InChI is InChI=1S/C14H18N2O3/c1-9(10-7-15-8-10)13(17)16(2)12-6-4-3-5-11(12)14(18)19/h3-6,9-10,15H,7-8H2,1-2H3,(H,18,19). The second-order valence-corrected chi connectivity index (χ2v) is 4.93. The van der Waals surface area contributed by atoms with Crippen molar-refractivity contribution in [1.82, 2.24) is 5.32 Å². The van der Waals surface area contributed by atoms with Gasteiger partial charge >= 0.3 is 5.97 Å². The number of hydrogen-bond acceptors (Lipinski definition) is 3. The smallest absolute Gasteiger partial charge is 0.337 e. The van der Waals surface area contributed by atoms with E-state index in [0.29, 0.717) is 11.6 Å². The van der Waals surface area contributed by atoms with Crippen LogP contribution in [-0.2, 0) is 4.79 Å². The number of rotatable bonds is 4. The van der Waals surface area contributed by atoms with Crippen molar-refractivity contribution in [3.63, 3.8) is 0 Å². The summed E-state index contributed by atoms with van der Waals surface area (Å²) in [5, 5.41) is 12.3. The number of carboxylic acids is 1. The van der Waals surface area contributed by atoms with Crippen LogP contribution in [0.5, 0.6) is 0 Å². The van der Waals surface area contributed by atoms with Crippen LogP contribution in [-0.4, -0.2) is 37.1 Å². The summed E-state index contributed by atoms with van der Waals surface area (Å²) < 4.78 is 0. The average molecular weight is 262 g/mol. The predicted molar refractivity (Wildman–Crippen MR) is 72.3 cm³/mol. The molecule has 0 bridgehead atoms. The van der Waals surface area contributed by atoms with Gasteiger partial charge in [0.15, 0.2) is 0 Å². The summed E-state index contributed by atoms with van der Waals surface area (Å²) in [6.45, 7) is 3.59. The first-order chi connectivity index (χ1) is 9.02. The summed E-state index contributed by atoms with van der Waals surface area (Å²) in [7, 11) is 1.63. The molecule has 1 heterocycles. The zero-order valence-electron chi connectivity index (χ0n) is 11.1. The van der Waals surface area contributed by atoms with Crippen LogP contribution in [0.15, 0.2) is 24.3 Å². The van der Waals surface area contributed by atoms with Gasteiger partial charge < -0.3 is 15.3 Å². The van der Waals surface area contributed by atoms with E-state index >= 15 is 0 Å². The normalized spacial score (nSPS) is 16.5. The minimum Gasteiger partial charge on any atom is -0.478 e. The highest BCUT2D eigenvalue weighted by Crippen LogP contribution is 2.24. The third-order valence-electron chi connectivity index (χ3n) is 3.74. The van der Waals surface area contributed by atoms with E-state index in [2.05, 4.69) is 5.32 Å². The lowest BCUT2D eigenvalue weighted by Gasteiger charge is -2.34. The molecule has 1 unspecified atom stereocenters. The highest BCUT2D eigenvalue weighted by Gasteiger charge is 2.31. The molecule has 1 aliphatic rings. The third kappa shape index (κ3) is 2.61. The van der Waals surface area contributed by atoms with Gasteiger partial charge in [0, 0.05) is 13.0 Å². The van der Waals surface area contributed by atoms with E-state index < -0.39 is 5.97 Å². The summed E-state index contributed by atoms with van der Waals surface area (Å²) in [5.74, 6) is -0.826. The molecular weight excluding hydrogens is 244 g/mol. The quantitative estimate of drug-likeness (QED) is 0.855. The van der Waals surface area contributed by atoms with Crippen LogP contribution in [0.1, 0.15) is 17.3 Å². The molecule has 2 N–H and O–H groups in total. The second kappa shape index (κ2) is 5.40. The Morgan fingerprint density at radius 2 is 2.00 bits per heavy atom. The molecule has 0 aliphatic carbocycles. The van der Waals surface area contributed by atoms with Crippen molar-refractivity contribution in [3.8, 4) is 0 Å². The molecule has 19 heavy (non-hydrogen) atoms. The Hall–Kier alpha value is -1.88. The molecular formula is C14H18N2O3. The zero-order chi connectivity index (χ0) is 14.0. The average Bonchev–Trinajstić information content (AvgIpc) is 2.34. The summed E-state index contributed by atoms with van der Waals surface area (Å²) in [5.41, 5.74) is 0.594. The van der Waals surface area contributed by atoms with E-state index in [1.807, 2.05) is 6.92 Å². The number of carbonyl (C=O) groups is 2. The molecule has 5 nitrogen and oxygen atoms in total. The minimum absolute atomic E-state index is 0.0415. The molecule has 1 aromatic rings. The van der Waals surface area contributed by atoms with Gasteiger partial charge in [-0.3, -0.25) is 4.79 Å². The van der Waals surface area contributed by atoms with E-state index in [-0.39, 0.29) is 17.4 Å². The van der Waals surface area contributed by atoms with Crippen LogP contribution in [0.4, 0.5) is 5.69 Å². The monoisotopic (exact) mass is 262 g/mol. The first-order valence-corrected chi connectivity index (χ1v) is 6.33. The van der Waals surface area contributed by atoms with Gasteiger partial charge in [-0.1, -0.05) is 19.1 Å². The van der Waals surface area contributed by atoms with Gasteiger partial charge in [0.25, 0.3) is 0 Å². The molecule has 1 fully saturated rings. The van der Waals surface area contributed by atoms with E-state index in [9.17, 15) is 9.59 Å². The highest BCUT2D eigenvalue weighted by atomic mass is 16.4. The molecule has 1 aromatic carbocycles. The lowest BCUT2D eigenvalue weighted by molar-refractivity contribution is -0.123. The van der Waals surface area contributed by atoms with Crippen molar-refractivity contribution in [2.75, 3.05) is 25.0 Å². The van der Waals surface area contributed by atoms with Crippen molar-refractivity contribution < 1.29 is 14.7 Å². The number of carboxylic acid groups (broad SMARTS) is 1. The van der Waals surface area contributed by atoms with Gasteiger partial charge in [-0.15, -0.1) is 0 Å². The van der Waals surface area contributed by atoms with Crippen molar-refractivity contribution >= 4 is 17.6 Å². The summed E-state index contributed by atoms with van der Waals surface area (Å²) in [4.78, 5) is 25.0. The molecule has 1 amide bonds. The molecule has 1 aliphatic heterocycles. The number of para-hydroxylation sites is 1. The van der Waals surface area contributed by atoms with Gasteiger partial charge in [-0.05, 0) is 31.1 Å². The van der Waals surface area contributed by atoms with E-state index in [4.69, 9.17) is 5.11 Å². The lowest BCUT2D eigenvalue weighted by atomic mass is 9.88. The fourth-order valence-corrected chi connectivity index (χ4v) is 2.24. The zero-order valence-corrected chi connectivity index (χ0v) is 11.1. The Morgan fingerprint density at radius 1 is 1.37 bits per heavy atom. The lowest BCUT2D eigenvalue weighted by Crippen LogP contribution is -2.50. The number of aromatic carboxylic acids is 1. The van der Waals surface area contributed by atoms with Gasteiger partial charge in [0.1, 0.15) is 0 Å². The SMILES string of the molecule is CC(C(=O)N(C)c1ccccc1C(=O)O)C1CNC1. The number of carbonyl (C=O) groups excluding carboxylic acids is 1. The number of anilines is 1. The van der Waals surface area contributed by atoms with E-state index in [1.165, 1.54) is 11.0 Å². The Balaban J connectivity index is 2.21.